The zero-order valence-electron chi connectivity index (χ0n) is 18.4. The number of aliphatic imine (C=N–C) groups is 1. The summed E-state index contributed by atoms with van der Waals surface area (Å²) in [6, 6.07) is 3.83. The van der Waals surface area contributed by atoms with Gasteiger partial charge in [0.2, 0.25) is 0 Å². The van der Waals surface area contributed by atoms with E-state index in [1.807, 2.05) is 32.9 Å². The van der Waals surface area contributed by atoms with Gasteiger partial charge in [-0.2, -0.15) is 0 Å². The molecule has 30 heavy (non-hydrogen) atoms. The predicted molar refractivity (Wildman–Crippen MR) is 116 cm³/mol. The number of carbonyl (C=O) groups excluding carboxylic acids is 1. The third kappa shape index (κ3) is 8.26. The van der Waals surface area contributed by atoms with E-state index in [-0.39, 0.29) is 18.2 Å². The number of carbonyl (C=O) groups is 1. The van der Waals surface area contributed by atoms with Gasteiger partial charge in [-0.1, -0.05) is 0 Å². The molecular weight excluding hydrogens is 384 g/mol. The summed E-state index contributed by atoms with van der Waals surface area (Å²) >= 11 is 0. The Morgan fingerprint density at radius 3 is 2.77 bits per heavy atom. The number of amides is 1. The zero-order valence-corrected chi connectivity index (χ0v) is 18.4. The Hall–Kier alpha value is -2.22. The van der Waals surface area contributed by atoms with E-state index in [1.165, 1.54) is 0 Å². The summed E-state index contributed by atoms with van der Waals surface area (Å²) in [5, 5.41) is 9.76. The van der Waals surface area contributed by atoms with Crippen LogP contribution in [0.1, 0.15) is 52.2 Å². The van der Waals surface area contributed by atoms with Crippen molar-refractivity contribution in [3.8, 4) is 0 Å². The number of hydrogen-bond acceptors (Lipinski definition) is 5. The van der Waals surface area contributed by atoms with Gasteiger partial charge in [0.05, 0.1) is 25.0 Å². The molecule has 8 nitrogen and oxygen atoms in total. The van der Waals surface area contributed by atoms with Crippen LogP contribution in [0.4, 0.5) is 4.79 Å². The summed E-state index contributed by atoms with van der Waals surface area (Å²) in [6.45, 7) is 8.37. The molecule has 8 heteroatoms. The molecule has 1 amide bonds. The summed E-state index contributed by atoms with van der Waals surface area (Å²) in [4.78, 5) is 17.0. The smallest absolute Gasteiger partial charge is 0.407 e. The van der Waals surface area contributed by atoms with Crippen molar-refractivity contribution in [1.82, 2.24) is 16.0 Å². The first kappa shape index (κ1) is 22.5. The average Bonchev–Trinajstić information content (AvgIpc) is 3.14. The minimum absolute atomic E-state index is 0.0220. The third-order valence-electron chi connectivity index (χ3n) is 5.10. The first-order valence-corrected chi connectivity index (χ1v) is 11.0. The molecule has 0 bridgehead atoms. The fourth-order valence-electron chi connectivity index (χ4n) is 3.41. The van der Waals surface area contributed by atoms with Crippen molar-refractivity contribution >= 4 is 12.1 Å². The minimum Gasteiger partial charge on any atom is -0.469 e. The van der Waals surface area contributed by atoms with Crippen LogP contribution in [0.2, 0.25) is 0 Å². The number of rotatable bonds is 9. The molecule has 0 aromatic carbocycles. The van der Waals surface area contributed by atoms with Crippen LogP contribution in [0.15, 0.2) is 27.8 Å². The maximum atomic E-state index is 12.2. The highest BCUT2D eigenvalue weighted by atomic mass is 16.6. The molecule has 1 aromatic rings. The summed E-state index contributed by atoms with van der Waals surface area (Å²) in [7, 11) is 0. The Morgan fingerprint density at radius 1 is 1.30 bits per heavy atom. The van der Waals surface area contributed by atoms with Crippen LogP contribution in [0.5, 0.6) is 0 Å². The van der Waals surface area contributed by atoms with Crippen LogP contribution in [-0.4, -0.2) is 56.0 Å². The summed E-state index contributed by atoms with van der Waals surface area (Å²) in [6.07, 6.45) is 6.70. The summed E-state index contributed by atoms with van der Waals surface area (Å²) in [5.41, 5.74) is -0.511. The zero-order chi connectivity index (χ0) is 21.4. The Balaban J connectivity index is 1.53. The van der Waals surface area contributed by atoms with Crippen molar-refractivity contribution in [1.29, 1.82) is 0 Å². The van der Waals surface area contributed by atoms with Crippen molar-refractivity contribution in [2.24, 2.45) is 10.9 Å². The lowest BCUT2D eigenvalue weighted by Crippen LogP contribution is -2.45. The molecule has 3 rings (SSSR count). The lowest BCUT2D eigenvalue weighted by molar-refractivity contribution is 0.0500. The van der Waals surface area contributed by atoms with E-state index < -0.39 is 5.60 Å². The van der Waals surface area contributed by atoms with Crippen LogP contribution in [0.3, 0.4) is 0 Å². The van der Waals surface area contributed by atoms with E-state index >= 15 is 0 Å². The Bertz CT molecular complexity index is 674. The molecule has 1 saturated heterocycles. The van der Waals surface area contributed by atoms with Gasteiger partial charge in [0.25, 0.3) is 0 Å². The maximum absolute atomic E-state index is 12.2. The van der Waals surface area contributed by atoms with Crippen LogP contribution >= 0.6 is 0 Å². The predicted octanol–water partition coefficient (Wildman–Crippen LogP) is 2.84. The van der Waals surface area contributed by atoms with Crippen molar-refractivity contribution < 1.29 is 18.7 Å². The second kappa shape index (κ2) is 10.7. The molecule has 2 aliphatic rings. The fourth-order valence-corrected chi connectivity index (χ4v) is 3.41. The highest BCUT2D eigenvalue weighted by Crippen LogP contribution is 2.33. The molecule has 0 spiro atoms. The normalized spacial score (nSPS) is 20.6. The number of hydrogen-bond donors (Lipinski definition) is 3. The number of nitrogens with zero attached hydrogens (tertiary/aromatic N) is 1. The molecule has 3 N–H and O–H groups in total. The first-order valence-electron chi connectivity index (χ1n) is 11.0. The van der Waals surface area contributed by atoms with Gasteiger partial charge in [-0.3, -0.25) is 4.99 Å². The van der Waals surface area contributed by atoms with E-state index in [0.29, 0.717) is 19.0 Å². The summed E-state index contributed by atoms with van der Waals surface area (Å²) < 4.78 is 16.5. The molecular formula is C22H36N4O4. The van der Waals surface area contributed by atoms with Gasteiger partial charge in [0.15, 0.2) is 5.96 Å². The molecule has 2 atom stereocenters. The number of furan rings is 1. The Morgan fingerprint density at radius 2 is 2.13 bits per heavy atom. The molecule has 1 aliphatic carbocycles. The molecule has 0 radical (unpaired) electrons. The Kier molecular flexibility index (Phi) is 8.01. The number of alkyl carbamates (subject to hydrolysis) is 1. The first-order chi connectivity index (χ1) is 14.4. The van der Waals surface area contributed by atoms with Crippen LogP contribution in [-0.2, 0) is 15.9 Å². The van der Waals surface area contributed by atoms with Crippen molar-refractivity contribution in [3.05, 3.63) is 24.2 Å². The van der Waals surface area contributed by atoms with Crippen molar-refractivity contribution in [2.45, 2.75) is 70.6 Å². The second-order valence-electron chi connectivity index (χ2n) is 9.05. The Labute approximate surface area is 179 Å². The molecule has 168 valence electrons. The van der Waals surface area contributed by atoms with Gasteiger partial charge >= 0.3 is 6.09 Å². The van der Waals surface area contributed by atoms with Crippen LogP contribution in [0.25, 0.3) is 0 Å². The third-order valence-corrected chi connectivity index (χ3v) is 5.10. The van der Waals surface area contributed by atoms with Crippen LogP contribution < -0.4 is 16.0 Å². The lowest BCUT2D eigenvalue weighted by atomic mass is 10.2. The van der Waals surface area contributed by atoms with E-state index in [0.717, 1.165) is 57.0 Å². The molecule has 2 fully saturated rings. The molecule has 1 saturated carbocycles. The average molecular weight is 421 g/mol. The fraction of sp³-hybridized carbons (Fsp3) is 0.727. The maximum Gasteiger partial charge on any atom is 0.407 e. The molecule has 1 aliphatic heterocycles. The number of ether oxygens (including phenoxy) is 2. The molecule has 1 aromatic heterocycles. The monoisotopic (exact) mass is 420 g/mol. The topological polar surface area (TPSA) is 97.1 Å². The van der Waals surface area contributed by atoms with E-state index in [1.54, 1.807) is 6.26 Å². The highest BCUT2D eigenvalue weighted by Gasteiger charge is 2.33. The van der Waals surface area contributed by atoms with Gasteiger partial charge in [-0.15, -0.1) is 0 Å². The van der Waals surface area contributed by atoms with E-state index in [2.05, 4.69) is 16.0 Å². The SMILES string of the molecule is CC(C)(C)OC(=O)NC(CN=C(NCCc1ccco1)NCC1CCCO1)C1CC1. The van der Waals surface area contributed by atoms with Gasteiger partial charge in [-0.25, -0.2) is 4.79 Å². The van der Waals surface area contributed by atoms with E-state index in [9.17, 15) is 4.79 Å². The quantitative estimate of drug-likeness (QED) is 0.420. The number of nitrogens with one attached hydrogen (secondary N) is 3. The van der Waals surface area contributed by atoms with Gasteiger partial charge in [0.1, 0.15) is 11.4 Å². The lowest BCUT2D eigenvalue weighted by Gasteiger charge is -2.23. The largest absolute Gasteiger partial charge is 0.469 e. The van der Waals surface area contributed by atoms with Gasteiger partial charge in [0, 0.05) is 26.1 Å². The van der Waals surface area contributed by atoms with Gasteiger partial charge in [-0.05, 0) is 64.5 Å². The molecule has 2 heterocycles. The van der Waals surface area contributed by atoms with E-state index in [4.69, 9.17) is 18.9 Å². The second-order valence-corrected chi connectivity index (χ2v) is 9.05. The minimum atomic E-state index is -0.511. The highest BCUT2D eigenvalue weighted by molar-refractivity contribution is 5.80. The summed E-state index contributed by atoms with van der Waals surface area (Å²) in [5.74, 6) is 2.13. The van der Waals surface area contributed by atoms with Crippen molar-refractivity contribution in [2.75, 3.05) is 26.2 Å². The molecule has 2 unspecified atom stereocenters. The standard InChI is InChI=1S/C22H36N4O4/c1-22(2,3)30-21(27)26-19(16-8-9-16)15-25-20(24-14-18-7-5-13-29-18)23-11-10-17-6-4-12-28-17/h4,6,12,16,18-19H,5,7-11,13-15H2,1-3H3,(H,26,27)(H2,23,24,25). The number of guanidine groups is 1. The van der Waals surface area contributed by atoms with Crippen LogP contribution in [0, 0.1) is 5.92 Å². The van der Waals surface area contributed by atoms with Crippen molar-refractivity contribution in [3.63, 3.8) is 0 Å². The van der Waals surface area contributed by atoms with Gasteiger partial charge < -0.3 is 29.8 Å².